The molecule has 1 aliphatic rings. The molecule has 0 aromatic heterocycles. The number of sulfonamides is 1. The van der Waals surface area contributed by atoms with Gasteiger partial charge in [-0.3, -0.25) is 9.10 Å². The topological polar surface area (TPSA) is 75.7 Å². The van der Waals surface area contributed by atoms with Gasteiger partial charge in [0.05, 0.1) is 25.1 Å². The summed E-state index contributed by atoms with van der Waals surface area (Å²) in [6, 6.07) is 10.8. The van der Waals surface area contributed by atoms with E-state index in [0.717, 1.165) is 22.4 Å². The Morgan fingerprint density at radius 1 is 1.22 bits per heavy atom. The summed E-state index contributed by atoms with van der Waals surface area (Å²) in [6.45, 7) is 4.32. The molecular formula is C20H24N2O4S. The van der Waals surface area contributed by atoms with E-state index in [4.69, 9.17) is 4.74 Å². The molecule has 1 N–H and O–H groups in total. The minimum absolute atomic E-state index is 0.202. The highest BCUT2D eigenvalue weighted by Crippen LogP contribution is 2.31. The third-order valence-electron chi connectivity index (χ3n) is 4.79. The number of carbonyl (C=O) groups is 1. The van der Waals surface area contributed by atoms with Crippen LogP contribution in [0.1, 0.15) is 40.0 Å². The number of ether oxygens (including phenoxy) is 1. The molecule has 2 aromatic carbocycles. The predicted octanol–water partition coefficient (Wildman–Crippen LogP) is 2.82. The average Bonchev–Trinajstić information content (AvgIpc) is 3.05. The molecule has 1 aliphatic heterocycles. The standard InChI is InChI=1S/C20H24N2O4S/c1-13-5-8-19(26-3)17(11-13)14(2)21-20(23)16-6-7-18-15(12-16)9-10-22(18)27(4,24)25/h5-8,11-12,14H,9-10H2,1-4H3,(H,21,23). The fourth-order valence-electron chi connectivity index (χ4n) is 3.41. The van der Waals surface area contributed by atoms with Crippen LogP contribution in [0.3, 0.4) is 0 Å². The number of anilines is 1. The Balaban J connectivity index is 1.81. The summed E-state index contributed by atoms with van der Waals surface area (Å²) in [6.07, 6.45) is 1.80. The number of fused-ring (bicyclic) bond motifs is 1. The van der Waals surface area contributed by atoms with E-state index in [1.807, 2.05) is 32.0 Å². The molecule has 1 amide bonds. The fraction of sp³-hybridized carbons (Fsp3) is 0.350. The van der Waals surface area contributed by atoms with Crippen LogP contribution in [-0.2, 0) is 16.4 Å². The van der Waals surface area contributed by atoms with Gasteiger partial charge in [-0.15, -0.1) is 0 Å². The third kappa shape index (κ3) is 3.93. The second-order valence-electron chi connectivity index (χ2n) is 6.87. The van der Waals surface area contributed by atoms with E-state index in [0.29, 0.717) is 24.2 Å². The van der Waals surface area contributed by atoms with E-state index in [2.05, 4.69) is 5.32 Å². The van der Waals surface area contributed by atoms with Gasteiger partial charge in [0.2, 0.25) is 10.0 Å². The molecule has 0 saturated heterocycles. The summed E-state index contributed by atoms with van der Waals surface area (Å²) < 4.78 is 30.5. The summed E-state index contributed by atoms with van der Waals surface area (Å²) in [4.78, 5) is 12.7. The molecule has 0 radical (unpaired) electrons. The zero-order valence-corrected chi connectivity index (χ0v) is 16.8. The lowest BCUT2D eigenvalue weighted by Crippen LogP contribution is -2.28. The minimum Gasteiger partial charge on any atom is -0.496 e. The van der Waals surface area contributed by atoms with Crippen LogP contribution in [0.25, 0.3) is 0 Å². The van der Waals surface area contributed by atoms with Crippen LogP contribution < -0.4 is 14.4 Å². The molecule has 3 rings (SSSR count). The number of hydrogen-bond donors (Lipinski definition) is 1. The van der Waals surface area contributed by atoms with Crippen LogP contribution in [0.15, 0.2) is 36.4 Å². The SMILES string of the molecule is COc1ccc(C)cc1C(C)NC(=O)c1ccc2c(c1)CCN2S(C)(=O)=O. The number of aryl methyl sites for hydroxylation is 1. The normalized spacial score (nSPS) is 14.6. The van der Waals surface area contributed by atoms with Gasteiger partial charge in [-0.2, -0.15) is 0 Å². The molecule has 1 heterocycles. The Kier molecular flexibility index (Phi) is 5.15. The number of hydrogen-bond acceptors (Lipinski definition) is 4. The lowest BCUT2D eigenvalue weighted by Gasteiger charge is -2.19. The highest BCUT2D eigenvalue weighted by atomic mass is 32.2. The average molecular weight is 388 g/mol. The van der Waals surface area contributed by atoms with Crippen molar-refractivity contribution >= 4 is 21.6 Å². The first-order valence-electron chi connectivity index (χ1n) is 8.76. The molecule has 0 saturated carbocycles. The molecule has 2 aromatic rings. The second kappa shape index (κ2) is 7.23. The van der Waals surface area contributed by atoms with Crippen molar-refractivity contribution in [1.82, 2.24) is 5.32 Å². The number of carbonyl (C=O) groups excluding carboxylic acids is 1. The van der Waals surface area contributed by atoms with Crippen LogP contribution in [0.5, 0.6) is 5.75 Å². The molecule has 1 atom stereocenters. The molecule has 7 heteroatoms. The van der Waals surface area contributed by atoms with Crippen molar-refractivity contribution in [2.24, 2.45) is 0 Å². The zero-order chi connectivity index (χ0) is 19.8. The van der Waals surface area contributed by atoms with Crippen molar-refractivity contribution in [1.29, 1.82) is 0 Å². The molecule has 0 spiro atoms. The summed E-state index contributed by atoms with van der Waals surface area (Å²) in [5.41, 5.74) is 4.04. The monoisotopic (exact) mass is 388 g/mol. The van der Waals surface area contributed by atoms with Crippen LogP contribution in [0, 0.1) is 6.92 Å². The Morgan fingerprint density at radius 3 is 2.63 bits per heavy atom. The van der Waals surface area contributed by atoms with Crippen molar-refractivity contribution < 1.29 is 17.9 Å². The smallest absolute Gasteiger partial charge is 0.251 e. The van der Waals surface area contributed by atoms with Gasteiger partial charge < -0.3 is 10.1 Å². The quantitative estimate of drug-likeness (QED) is 0.855. The maximum absolute atomic E-state index is 12.7. The van der Waals surface area contributed by atoms with Gasteiger partial charge in [0.1, 0.15) is 5.75 Å². The van der Waals surface area contributed by atoms with Crippen molar-refractivity contribution in [3.05, 3.63) is 58.7 Å². The Labute approximate surface area is 160 Å². The molecule has 0 bridgehead atoms. The molecule has 0 fully saturated rings. The number of rotatable bonds is 5. The lowest BCUT2D eigenvalue weighted by molar-refractivity contribution is 0.0939. The van der Waals surface area contributed by atoms with Gasteiger partial charge in [-0.1, -0.05) is 17.7 Å². The summed E-state index contributed by atoms with van der Waals surface area (Å²) in [7, 11) is -1.69. The van der Waals surface area contributed by atoms with Crippen LogP contribution >= 0.6 is 0 Å². The lowest BCUT2D eigenvalue weighted by atomic mass is 10.0. The first-order chi connectivity index (χ1) is 12.7. The van der Waals surface area contributed by atoms with Crippen LogP contribution in [0.2, 0.25) is 0 Å². The Bertz CT molecular complexity index is 985. The maximum Gasteiger partial charge on any atom is 0.251 e. The molecular weight excluding hydrogens is 364 g/mol. The van der Waals surface area contributed by atoms with Crippen molar-refractivity contribution in [2.45, 2.75) is 26.3 Å². The van der Waals surface area contributed by atoms with Crippen LogP contribution in [0.4, 0.5) is 5.69 Å². The number of amides is 1. The van der Waals surface area contributed by atoms with Crippen LogP contribution in [-0.4, -0.2) is 34.2 Å². The number of nitrogens with zero attached hydrogens (tertiary/aromatic N) is 1. The highest BCUT2D eigenvalue weighted by Gasteiger charge is 2.27. The largest absolute Gasteiger partial charge is 0.496 e. The molecule has 27 heavy (non-hydrogen) atoms. The van der Waals surface area contributed by atoms with Gasteiger partial charge in [0, 0.05) is 17.7 Å². The maximum atomic E-state index is 12.7. The van der Waals surface area contributed by atoms with Gasteiger partial charge in [0.15, 0.2) is 0 Å². The second-order valence-corrected chi connectivity index (χ2v) is 8.78. The van der Waals surface area contributed by atoms with E-state index in [-0.39, 0.29) is 11.9 Å². The molecule has 6 nitrogen and oxygen atoms in total. The molecule has 1 unspecified atom stereocenters. The van der Waals surface area contributed by atoms with Gasteiger partial charge in [0.25, 0.3) is 5.91 Å². The Morgan fingerprint density at radius 2 is 1.96 bits per heavy atom. The van der Waals surface area contributed by atoms with Crippen molar-refractivity contribution in [3.63, 3.8) is 0 Å². The summed E-state index contributed by atoms with van der Waals surface area (Å²) >= 11 is 0. The number of nitrogens with one attached hydrogen (secondary N) is 1. The summed E-state index contributed by atoms with van der Waals surface area (Å²) in [5, 5.41) is 3.00. The van der Waals surface area contributed by atoms with E-state index >= 15 is 0 Å². The van der Waals surface area contributed by atoms with E-state index < -0.39 is 10.0 Å². The Hall–Kier alpha value is -2.54. The summed E-state index contributed by atoms with van der Waals surface area (Å²) in [5.74, 6) is 0.526. The number of methoxy groups -OCH3 is 1. The predicted molar refractivity (Wildman–Crippen MR) is 106 cm³/mol. The molecule has 0 aliphatic carbocycles. The van der Waals surface area contributed by atoms with E-state index in [9.17, 15) is 13.2 Å². The van der Waals surface area contributed by atoms with Gasteiger partial charge in [-0.05, 0) is 50.1 Å². The highest BCUT2D eigenvalue weighted by molar-refractivity contribution is 7.92. The minimum atomic E-state index is -3.30. The van der Waals surface area contributed by atoms with E-state index in [1.165, 1.54) is 10.6 Å². The first-order valence-corrected chi connectivity index (χ1v) is 10.6. The molecule has 144 valence electrons. The van der Waals surface area contributed by atoms with Gasteiger partial charge >= 0.3 is 0 Å². The first kappa shape index (κ1) is 19.2. The zero-order valence-electron chi connectivity index (χ0n) is 15.9. The van der Waals surface area contributed by atoms with Crippen molar-refractivity contribution in [3.8, 4) is 5.75 Å². The third-order valence-corrected chi connectivity index (χ3v) is 5.97. The van der Waals surface area contributed by atoms with Gasteiger partial charge in [-0.25, -0.2) is 8.42 Å². The fourth-order valence-corrected chi connectivity index (χ4v) is 4.37. The number of benzene rings is 2. The van der Waals surface area contributed by atoms with E-state index in [1.54, 1.807) is 25.3 Å². The van der Waals surface area contributed by atoms with Crippen molar-refractivity contribution in [2.75, 3.05) is 24.2 Å².